The predicted molar refractivity (Wildman–Crippen MR) is 144 cm³/mol. The SMILES string of the molecule is O=C(O)Cc1nnc(NC(=O)CCN2C(=O)C(=Cc3cc(-c4cc(C(F)(F)F)cc(C(F)(F)F)c4)cs3)SC2=S)s1. The molecule has 0 bridgehead atoms. The molecular weight excluding hydrogens is 639 g/mol. The molecule has 216 valence electrons. The Bertz CT molecular complexity index is 1530. The summed E-state index contributed by atoms with van der Waals surface area (Å²) < 4.78 is 79.5. The Balaban J connectivity index is 1.44. The van der Waals surface area contributed by atoms with Gasteiger partial charge in [-0.2, -0.15) is 26.3 Å². The van der Waals surface area contributed by atoms with Crippen LogP contribution in [0.2, 0.25) is 0 Å². The fourth-order valence-corrected chi connectivity index (χ4v) is 6.39. The van der Waals surface area contributed by atoms with Gasteiger partial charge < -0.3 is 10.4 Å². The van der Waals surface area contributed by atoms with Crippen LogP contribution >= 0.6 is 46.7 Å². The van der Waals surface area contributed by atoms with E-state index in [2.05, 4.69) is 15.5 Å². The number of benzene rings is 1. The number of hydrogen-bond acceptors (Lipinski definition) is 9. The molecule has 2 N–H and O–H groups in total. The van der Waals surface area contributed by atoms with Crippen molar-refractivity contribution in [3.8, 4) is 11.1 Å². The molecule has 3 heterocycles. The number of anilines is 1. The van der Waals surface area contributed by atoms with Crippen LogP contribution in [0.15, 0.2) is 34.6 Å². The number of nitrogens with zero attached hydrogens (tertiary/aromatic N) is 3. The Hall–Kier alpha value is -3.35. The first-order valence-corrected chi connectivity index (χ1v) is 14.0. The Morgan fingerprint density at radius 2 is 1.68 bits per heavy atom. The molecule has 1 fully saturated rings. The summed E-state index contributed by atoms with van der Waals surface area (Å²) in [5.74, 6) is -2.16. The first kappa shape index (κ1) is 30.6. The molecule has 4 rings (SSSR count). The van der Waals surface area contributed by atoms with E-state index in [1.165, 1.54) is 22.4 Å². The van der Waals surface area contributed by atoms with Gasteiger partial charge in [-0.15, -0.1) is 21.5 Å². The van der Waals surface area contributed by atoms with Crippen LogP contribution in [0.5, 0.6) is 0 Å². The van der Waals surface area contributed by atoms with Gasteiger partial charge in [-0.1, -0.05) is 35.3 Å². The van der Waals surface area contributed by atoms with E-state index < -0.39 is 41.3 Å². The lowest BCUT2D eigenvalue weighted by Crippen LogP contribution is -2.31. The second-order valence-corrected chi connectivity index (χ2v) is 11.9. The summed E-state index contributed by atoms with van der Waals surface area (Å²) >= 11 is 8.05. The molecule has 0 spiro atoms. The Kier molecular flexibility index (Phi) is 8.86. The quantitative estimate of drug-likeness (QED) is 0.169. The van der Waals surface area contributed by atoms with Gasteiger partial charge in [0.1, 0.15) is 9.33 Å². The number of carboxylic acid groups (broad SMARTS) is 1. The lowest BCUT2D eigenvalue weighted by molar-refractivity contribution is -0.143. The minimum absolute atomic E-state index is 0.0485. The first-order chi connectivity index (χ1) is 19.1. The van der Waals surface area contributed by atoms with E-state index in [4.69, 9.17) is 17.3 Å². The number of thiophene rings is 1. The van der Waals surface area contributed by atoms with Crippen LogP contribution in [0.25, 0.3) is 17.2 Å². The van der Waals surface area contributed by atoms with Gasteiger partial charge in [0.2, 0.25) is 11.0 Å². The summed E-state index contributed by atoms with van der Waals surface area (Å²) in [6, 6.07) is 2.66. The van der Waals surface area contributed by atoms with Crippen molar-refractivity contribution in [2.24, 2.45) is 0 Å². The van der Waals surface area contributed by atoms with Crippen molar-refractivity contribution in [2.75, 3.05) is 11.9 Å². The number of carboxylic acids is 1. The van der Waals surface area contributed by atoms with E-state index in [-0.39, 0.29) is 55.9 Å². The zero-order chi connectivity index (χ0) is 30.1. The number of amides is 2. The number of thiocarbonyl (C=S) groups is 1. The number of thioether (sulfide) groups is 1. The monoisotopic (exact) mass is 652 g/mol. The van der Waals surface area contributed by atoms with Crippen molar-refractivity contribution in [2.45, 2.75) is 25.2 Å². The maximum absolute atomic E-state index is 13.2. The number of carbonyl (C=O) groups excluding carboxylic acids is 2. The average Bonchev–Trinajstić information content (AvgIpc) is 3.57. The highest BCUT2D eigenvalue weighted by Gasteiger charge is 2.37. The van der Waals surface area contributed by atoms with Crippen molar-refractivity contribution in [1.82, 2.24) is 15.1 Å². The van der Waals surface area contributed by atoms with E-state index in [1.54, 1.807) is 0 Å². The minimum Gasteiger partial charge on any atom is -0.481 e. The normalized spacial score (nSPS) is 15.2. The van der Waals surface area contributed by atoms with Crippen LogP contribution in [0.3, 0.4) is 0 Å². The lowest BCUT2D eigenvalue weighted by Gasteiger charge is -2.13. The number of alkyl halides is 6. The average molecular weight is 653 g/mol. The second kappa shape index (κ2) is 11.9. The van der Waals surface area contributed by atoms with Gasteiger partial charge in [0.15, 0.2) is 0 Å². The molecule has 1 saturated heterocycles. The van der Waals surface area contributed by atoms with Gasteiger partial charge in [-0.05, 0) is 46.8 Å². The summed E-state index contributed by atoms with van der Waals surface area (Å²) in [6.45, 7) is -0.0885. The van der Waals surface area contributed by atoms with Crippen molar-refractivity contribution >= 4 is 80.0 Å². The molecule has 2 aromatic heterocycles. The number of aromatic nitrogens is 2. The molecule has 1 aromatic carbocycles. The van der Waals surface area contributed by atoms with E-state index in [1.807, 2.05) is 0 Å². The molecule has 1 aliphatic rings. The Morgan fingerprint density at radius 1 is 1.02 bits per heavy atom. The van der Waals surface area contributed by atoms with Crippen molar-refractivity contribution < 1.29 is 45.8 Å². The molecule has 8 nitrogen and oxygen atoms in total. The summed E-state index contributed by atoms with van der Waals surface area (Å²) in [4.78, 5) is 37.6. The van der Waals surface area contributed by atoms with E-state index >= 15 is 0 Å². The molecule has 0 saturated carbocycles. The van der Waals surface area contributed by atoms with E-state index in [0.29, 0.717) is 17.0 Å². The molecule has 0 radical (unpaired) electrons. The zero-order valence-corrected chi connectivity index (χ0v) is 23.3. The van der Waals surface area contributed by atoms with Gasteiger partial charge in [-0.3, -0.25) is 19.3 Å². The summed E-state index contributed by atoms with van der Waals surface area (Å²) in [7, 11) is 0. The molecule has 0 unspecified atom stereocenters. The van der Waals surface area contributed by atoms with Crippen LogP contribution in [-0.4, -0.2) is 48.9 Å². The first-order valence-electron chi connectivity index (χ1n) is 11.1. The molecule has 0 atom stereocenters. The number of halogens is 6. The lowest BCUT2D eigenvalue weighted by atomic mass is 10.0. The zero-order valence-electron chi connectivity index (χ0n) is 20.0. The molecule has 41 heavy (non-hydrogen) atoms. The maximum atomic E-state index is 13.2. The van der Waals surface area contributed by atoms with Gasteiger partial charge in [0.25, 0.3) is 5.91 Å². The van der Waals surface area contributed by atoms with Gasteiger partial charge in [-0.25, -0.2) is 0 Å². The van der Waals surface area contributed by atoms with Crippen molar-refractivity contribution in [3.63, 3.8) is 0 Å². The van der Waals surface area contributed by atoms with Gasteiger partial charge in [0.05, 0.1) is 22.5 Å². The number of nitrogens with one attached hydrogen (secondary N) is 1. The highest BCUT2D eigenvalue weighted by Crippen LogP contribution is 2.40. The molecule has 2 amide bonds. The van der Waals surface area contributed by atoms with Crippen LogP contribution in [0.1, 0.15) is 27.4 Å². The number of aliphatic carboxylic acids is 1. The third-order valence-corrected chi connectivity index (χ3v) is 8.36. The van der Waals surface area contributed by atoms with Crippen LogP contribution in [-0.2, 0) is 33.2 Å². The van der Waals surface area contributed by atoms with E-state index in [9.17, 15) is 40.7 Å². The minimum atomic E-state index is -4.99. The fourth-order valence-electron chi connectivity index (χ4n) is 3.42. The topological polar surface area (TPSA) is 112 Å². The number of carbonyl (C=O) groups is 3. The predicted octanol–water partition coefficient (Wildman–Crippen LogP) is 6.16. The standard InChI is InChI=1S/C23H14F6N4O4S4/c24-22(25,26)12-3-10(4-13(6-12)23(27,28)29)11-5-14(39-9-11)7-15-19(37)33(21(38)40-15)2-1-16(34)30-20-32-31-17(41-20)8-18(35)36/h3-7,9H,1-2,8H2,(H,35,36)(H,30,32,34). The molecule has 18 heteroatoms. The molecular formula is C23H14F6N4O4S4. The van der Waals surface area contributed by atoms with Crippen molar-refractivity contribution in [3.05, 3.63) is 55.6 Å². The highest BCUT2D eigenvalue weighted by atomic mass is 32.2. The Labute approximate surface area is 244 Å². The number of rotatable bonds is 8. The third-order valence-electron chi connectivity index (χ3n) is 5.27. The summed E-state index contributed by atoms with van der Waals surface area (Å²) in [5, 5.41) is 20.2. The van der Waals surface area contributed by atoms with Crippen LogP contribution < -0.4 is 5.32 Å². The smallest absolute Gasteiger partial charge is 0.416 e. The summed E-state index contributed by atoms with van der Waals surface area (Å²) in [5.41, 5.74) is -3.06. The highest BCUT2D eigenvalue weighted by molar-refractivity contribution is 8.26. The molecule has 1 aliphatic heterocycles. The Morgan fingerprint density at radius 3 is 2.29 bits per heavy atom. The number of hydrogen-bond donors (Lipinski definition) is 2. The van der Waals surface area contributed by atoms with Crippen LogP contribution in [0, 0.1) is 0 Å². The van der Waals surface area contributed by atoms with Gasteiger partial charge in [0, 0.05) is 17.8 Å². The van der Waals surface area contributed by atoms with Crippen molar-refractivity contribution in [1.29, 1.82) is 0 Å². The largest absolute Gasteiger partial charge is 0.481 e. The fraction of sp³-hybridized carbons (Fsp3) is 0.217. The maximum Gasteiger partial charge on any atom is 0.416 e. The molecule has 3 aromatic rings. The van der Waals surface area contributed by atoms with Gasteiger partial charge >= 0.3 is 18.3 Å². The molecule has 0 aliphatic carbocycles. The summed E-state index contributed by atoms with van der Waals surface area (Å²) in [6.07, 6.45) is -9.08. The van der Waals surface area contributed by atoms with E-state index in [0.717, 1.165) is 34.4 Å². The third kappa shape index (κ3) is 7.69. The second-order valence-electron chi connectivity index (χ2n) is 8.24. The van der Waals surface area contributed by atoms with Crippen LogP contribution in [0.4, 0.5) is 31.5 Å².